The maximum Gasteiger partial charge on any atom is 0.338 e. The minimum atomic E-state index is -0.973. The minimum Gasteiger partial charge on any atom is -0.478 e. The summed E-state index contributed by atoms with van der Waals surface area (Å²) in [4.78, 5) is 29.1. The molecule has 2 fully saturated rings. The van der Waals surface area contributed by atoms with Gasteiger partial charge in [0.2, 0.25) is 0 Å². The minimum absolute atomic E-state index is 0.108. The van der Waals surface area contributed by atoms with Gasteiger partial charge in [-0.05, 0) is 37.0 Å². The van der Waals surface area contributed by atoms with E-state index in [0.29, 0.717) is 22.4 Å². The zero-order valence-corrected chi connectivity index (χ0v) is 18.2. The quantitative estimate of drug-likeness (QED) is 0.642. The number of carboxylic acid groups (broad SMARTS) is 1. The molecule has 0 amide bonds. The molecule has 6 nitrogen and oxygen atoms in total. The first-order valence-electron chi connectivity index (χ1n) is 11.6. The zero-order valence-electron chi connectivity index (χ0n) is 18.2. The van der Waals surface area contributed by atoms with Crippen LogP contribution in [-0.4, -0.2) is 46.7 Å². The van der Waals surface area contributed by atoms with E-state index < -0.39 is 5.97 Å². The molecule has 166 valence electrons. The van der Waals surface area contributed by atoms with Gasteiger partial charge in [-0.25, -0.2) is 4.79 Å². The van der Waals surface area contributed by atoms with E-state index in [-0.39, 0.29) is 17.2 Å². The van der Waals surface area contributed by atoms with E-state index in [4.69, 9.17) is 0 Å². The molecule has 0 radical (unpaired) electrons. The van der Waals surface area contributed by atoms with Crippen LogP contribution in [-0.2, 0) is 0 Å². The average molecular weight is 432 g/mol. The number of fused-ring (bicyclic) bond motifs is 1. The molecule has 1 aromatic heterocycles. The van der Waals surface area contributed by atoms with Gasteiger partial charge in [0.25, 0.3) is 5.56 Å². The molecule has 5 rings (SSSR count). The van der Waals surface area contributed by atoms with Gasteiger partial charge in [0.1, 0.15) is 0 Å². The zero-order chi connectivity index (χ0) is 22.1. The topological polar surface area (TPSA) is 74.6 Å². The average Bonchev–Trinajstić information content (AvgIpc) is 3.35. The number of para-hydroxylation sites is 1. The molecule has 2 N–H and O–H groups in total. The molecule has 1 saturated heterocycles. The van der Waals surface area contributed by atoms with Crippen molar-refractivity contribution in [3.05, 3.63) is 76.2 Å². The summed E-state index contributed by atoms with van der Waals surface area (Å²) < 4.78 is 1.69. The van der Waals surface area contributed by atoms with E-state index in [2.05, 4.69) is 10.2 Å². The van der Waals surface area contributed by atoms with Crippen molar-refractivity contribution in [2.45, 2.75) is 31.7 Å². The van der Waals surface area contributed by atoms with Gasteiger partial charge < -0.3 is 10.4 Å². The van der Waals surface area contributed by atoms with Crippen LogP contribution in [0.4, 0.5) is 0 Å². The third-order valence-corrected chi connectivity index (χ3v) is 7.03. The molecule has 1 atom stereocenters. The van der Waals surface area contributed by atoms with Crippen molar-refractivity contribution < 1.29 is 9.90 Å². The summed E-state index contributed by atoms with van der Waals surface area (Å²) >= 11 is 0. The fourth-order valence-corrected chi connectivity index (χ4v) is 5.63. The van der Waals surface area contributed by atoms with E-state index in [1.165, 1.54) is 0 Å². The van der Waals surface area contributed by atoms with Crippen LogP contribution in [0.3, 0.4) is 0 Å². The highest BCUT2D eigenvalue weighted by molar-refractivity contribution is 6.04. The van der Waals surface area contributed by atoms with Crippen molar-refractivity contribution in [1.29, 1.82) is 0 Å². The van der Waals surface area contributed by atoms with Crippen LogP contribution in [0.2, 0.25) is 0 Å². The summed E-state index contributed by atoms with van der Waals surface area (Å²) in [5, 5.41) is 14.9. The summed E-state index contributed by atoms with van der Waals surface area (Å²) in [5.41, 5.74) is 1.48. The summed E-state index contributed by atoms with van der Waals surface area (Å²) in [6.07, 6.45) is 4.42. The fraction of sp³-hybridized carbons (Fsp3) is 0.385. The predicted molar refractivity (Wildman–Crippen MR) is 126 cm³/mol. The van der Waals surface area contributed by atoms with Crippen molar-refractivity contribution in [2.24, 2.45) is 5.92 Å². The molecular weight excluding hydrogens is 402 g/mol. The number of pyridine rings is 1. The fourth-order valence-electron chi connectivity index (χ4n) is 5.63. The van der Waals surface area contributed by atoms with Crippen molar-refractivity contribution in [3.8, 4) is 5.69 Å². The third kappa shape index (κ3) is 3.63. The van der Waals surface area contributed by atoms with Crippen LogP contribution in [0, 0.1) is 5.92 Å². The number of nitrogens with zero attached hydrogens (tertiary/aromatic N) is 2. The second-order valence-electron chi connectivity index (χ2n) is 8.86. The number of nitrogens with one attached hydrogen (secondary N) is 1. The number of carboxylic acids is 1. The number of aromatic nitrogens is 1. The standard InChI is InChI=1S/C26H29N3O3/c30-25-21-13-7-6-12-20(21)22(26(31)32)24(29(25)19-10-2-1-3-11-19)23(18-8-4-5-9-18)28-16-14-27-15-17-28/h1-3,6-7,10-13,18,23,27H,4-5,8-9,14-17H2,(H,31,32). The van der Waals surface area contributed by atoms with E-state index in [9.17, 15) is 14.7 Å². The number of piperazine rings is 1. The first-order chi connectivity index (χ1) is 15.7. The molecule has 2 heterocycles. The van der Waals surface area contributed by atoms with E-state index in [1.54, 1.807) is 22.8 Å². The molecule has 1 saturated carbocycles. The van der Waals surface area contributed by atoms with Crippen LogP contribution in [0.15, 0.2) is 59.4 Å². The number of benzene rings is 2. The third-order valence-electron chi connectivity index (χ3n) is 7.03. The lowest BCUT2D eigenvalue weighted by Crippen LogP contribution is -2.48. The van der Waals surface area contributed by atoms with Crippen LogP contribution in [0.25, 0.3) is 16.5 Å². The molecule has 32 heavy (non-hydrogen) atoms. The maximum atomic E-state index is 13.9. The number of hydrogen-bond acceptors (Lipinski definition) is 4. The van der Waals surface area contributed by atoms with Gasteiger partial charge in [-0.3, -0.25) is 14.3 Å². The van der Waals surface area contributed by atoms with Gasteiger partial charge in [0, 0.05) is 42.6 Å². The number of hydrogen-bond donors (Lipinski definition) is 2. The smallest absolute Gasteiger partial charge is 0.338 e. The monoisotopic (exact) mass is 431 g/mol. The molecule has 0 spiro atoms. The van der Waals surface area contributed by atoms with E-state index in [1.807, 2.05) is 36.4 Å². The number of carbonyl (C=O) groups is 1. The van der Waals surface area contributed by atoms with Crippen molar-refractivity contribution >= 4 is 16.7 Å². The van der Waals surface area contributed by atoms with Crippen molar-refractivity contribution in [1.82, 2.24) is 14.8 Å². The lowest BCUT2D eigenvalue weighted by molar-refractivity contribution is 0.0686. The highest BCUT2D eigenvalue weighted by atomic mass is 16.4. The van der Waals surface area contributed by atoms with Gasteiger partial charge in [-0.2, -0.15) is 0 Å². The van der Waals surface area contributed by atoms with Gasteiger partial charge in [0.15, 0.2) is 0 Å². The molecular formula is C26H29N3O3. The Balaban J connectivity index is 1.87. The van der Waals surface area contributed by atoms with Gasteiger partial charge in [-0.15, -0.1) is 0 Å². The van der Waals surface area contributed by atoms with E-state index in [0.717, 1.165) is 57.5 Å². The normalized spacial score (nSPS) is 18.8. The summed E-state index contributed by atoms with van der Waals surface area (Å²) in [7, 11) is 0. The Labute approximate surface area is 187 Å². The number of rotatable bonds is 5. The molecule has 1 aliphatic carbocycles. The van der Waals surface area contributed by atoms with Gasteiger partial charge in [0.05, 0.1) is 17.3 Å². The number of aromatic carboxylic acids is 1. The maximum absolute atomic E-state index is 13.9. The SMILES string of the molecule is O=C(O)c1c(C(C2CCCC2)N2CCNCC2)n(-c2ccccc2)c(=O)c2ccccc12. The Bertz CT molecular complexity index is 1180. The molecule has 2 aromatic carbocycles. The molecule has 1 unspecified atom stereocenters. The highest BCUT2D eigenvalue weighted by Crippen LogP contribution is 2.42. The Morgan fingerprint density at radius 3 is 2.22 bits per heavy atom. The summed E-state index contributed by atoms with van der Waals surface area (Å²) in [5.74, 6) is -0.638. The Morgan fingerprint density at radius 1 is 0.938 bits per heavy atom. The van der Waals surface area contributed by atoms with Crippen molar-refractivity contribution in [2.75, 3.05) is 26.2 Å². The molecule has 6 heteroatoms. The van der Waals surface area contributed by atoms with Gasteiger partial charge >= 0.3 is 5.97 Å². The molecule has 2 aliphatic rings. The predicted octanol–water partition coefficient (Wildman–Crippen LogP) is 3.83. The largest absolute Gasteiger partial charge is 0.478 e. The lowest BCUT2D eigenvalue weighted by Gasteiger charge is -2.40. The Morgan fingerprint density at radius 2 is 1.56 bits per heavy atom. The van der Waals surface area contributed by atoms with Gasteiger partial charge in [-0.1, -0.05) is 49.2 Å². The second kappa shape index (κ2) is 8.88. The molecule has 1 aliphatic heterocycles. The van der Waals surface area contributed by atoms with Crippen LogP contribution < -0.4 is 10.9 Å². The highest BCUT2D eigenvalue weighted by Gasteiger charge is 2.38. The van der Waals surface area contributed by atoms with Crippen LogP contribution in [0.1, 0.15) is 47.8 Å². The summed E-state index contributed by atoms with van der Waals surface area (Å²) in [6, 6.07) is 16.5. The van der Waals surface area contributed by atoms with Crippen molar-refractivity contribution in [3.63, 3.8) is 0 Å². The lowest BCUT2D eigenvalue weighted by atomic mass is 9.88. The molecule has 3 aromatic rings. The van der Waals surface area contributed by atoms with Crippen LogP contribution >= 0.6 is 0 Å². The van der Waals surface area contributed by atoms with E-state index >= 15 is 0 Å². The summed E-state index contributed by atoms with van der Waals surface area (Å²) in [6.45, 7) is 3.43. The first-order valence-corrected chi connectivity index (χ1v) is 11.6. The first kappa shape index (κ1) is 20.9. The second-order valence-corrected chi connectivity index (χ2v) is 8.86. The molecule has 0 bridgehead atoms. The Kier molecular flexibility index (Phi) is 5.81. The Hall–Kier alpha value is -2.96. The van der Waals surface area contributed by atoms with Crippen LogP contribution in [0.5, 0.6) is 0 Å².